The van der Waals surface area contributed by atoms with E-state index in [1.54, 1.807) is 12.1 Å². The van der Waals surface area contributed by atoms with Crippen LogP contribution in [-0.4, -0.2) is 54.2 Å². The predicted octanol–water partition coefficient (Wildman–Crippen LogP) is 5.00. The average Bonchev–Trinajstić information content (AvgIpc) is 3.33. The maximum absolute atomic E-state index is 9.65. The molecule has 2 aromatic rings. The van der Waals surface area contributed by atoms with Gasteiger partial charge in [-0.2, -0.15) is 0 Å². The van der Waals surface area contributed by atoms with Gasteiger partial charge in [0.2, 0.25) is 0 Å². The van der Waals surface area contributed by atoms with Crippen molar-refractivity contribution in [3.8, 4) is 11.5 Å². The predicted molar refractivity (Wildman–Crippen MR) is 125 cm³/mol. The largest absolute Gasteiger partial charge is 0.508 e. The Hall–Kier alpha value is -2.04. The minimum atomic E-state index is 0.325. The van der Waals surface area contributed by atoms with Crippen molar-refractivity contribution in [1.82, 2.24) is 9.80 Å². The van der Waals surface area contributed by atoms with Gasteiger partial charge in [0.1, 0.15) is 11.5 Å². The van der Waals surface area contributed by atoms with E-state index in [2.05, 4.69) is 35.0 Å². The van der Waals surface area contributed by atoms with Crippen molar-refractivity contribution in [2.45, 2.75) is 57.0 Å². The molecular formula is C27H36N2O2. The Morgan fingerprint density at radius 3 is 2.45 bits per heavy atom. The first kappa shape index (κ1) is 20.8. The van der Waals surface area contributed by atoms with Crippen molar-refractivity contribution in [2.24, 2.45) is 5.92 Å². The van der Waals surface area contributed by atoms with Crippen LogP contribution < -0.4 is 4.74 Å². The van der Waals surface area contributed by atoms with Gasteiger partial charge in [0, 0.05) is 25.0 Å². The molecule has 2 aromatic carbocycles. The first-order valence-corrected chi connectivity index (χ1v) is 12.1. The van der Waals surface area contributed by atoms with Gasteiger partial charge in [-0.1, -0.05) is 31.0 Å². The number of nitrogens with zero attached hydrogens (tertiary/aromatic N) is 2. The second kappa shape index (κ2) is 9.22. The maximum atomic E-state index is 9.65. The van der Waals surface area contributed by atoms with E-state index in [4.69, 9.17) is 4.74 Å². The SMILES string of the molecule is CN1Cc2cc(OCC3CCN(C4CCCC4)CC3)ccc2C(c2ccc(O)cc2)C1. The van der Waals surface area contributed by atoms with Gasteiger partial charge in [-0.05, 0) is 92.7 Å². The molecule has 2 heterocycles. The molecule has 2 fully saturated rings. The monoisotopic (exact) mass is 420 g/mol. The smallest absolute Gasteiger partial charge is 0.119 e. The molecular weight excluding hydrogens is 384 g/mol. The van der Waals surface area contributed by atoms with Gasteiger partial charge in [-0.15, -0.1) is 0 Å². The number of hydrogen-bond donors (Lipinski definition) is 1. The summed E-state index contributed by atoms with van der Waals surface area (Å²) in [6.45, 7) is 5.30. The molecule has 1 saturated heterocycles. The molecule has 0 aromatic heterocycles. The lowest BCUT2D eigenvalue weighted by Gasteiger charge is -2.36. The Balaban J connectivity index is 1.21. The minimum Gasteiger partial charge on any atom is -0.508 e. The van der Waals surface area contributed by atoms with Crippen LogP contribution in [0.5, 0.6) is 11.5 Å². The number of phenols is 1. The van der Waals surface area contributed by atoms with Crippen LogP contribution in [0.3, 0.4) is 0 Å². The fraction of sp³-hybridized carbons (Fsp3) is 0.556. The van der Waals surface area contributed by atoms with E-state index in [1.807, 2.05) is 12.1 Å². The second-order valence-corrected chi connectivity index (χ2v) is 9.93. The molecule has 3 aliphatic rings. The fourth-order valence-electron chi connectivity index (χ4n) is 5.87. The highest BCUT2D eigenvalue weighted by molar-refractivity contribution is 5.45. The Morgan fingerprint density at radius 2 is 1.71 bits per heavy atom. The third-order valence-corrected chi connectivity index (χ3v) is 7.70. The van der Waals surface area contributed by atoms with Crippen LogP contribution in [0, 0.1) is 5.92 Å². The molecule has 1 N–H and O–H groups in total. The van der Waals surface area contributed by atoms with Crippen molar-refractivity contribution < 1.29 is 9.84 Å². The Morgan fingerprint density at radius 1 is 0.968 bits per heavy atom. The molecule has 0 spiro atoms. The van der Waals surface area contributed by atoms with E-state index in [9.17, 15) is 5.11 Å². The van der Waals surface area contributed by atoms with Crippen LogP contribution in [0.25, 0.3) is 0 Å². The molecule has 0 amide bonds. The van der Waals surface area contributed by atoms with Crippen LogP contribution in [-0.2, 0) is 6.54 Å². The number of hydrogen-bond acceptors (Lipinski definition) is 4. The van der Waals surface area contributed by atoms with Gasteiger partial charge >= 0.3 is 0 Å². The highest BCUT2D eigenvalue weighted by Gasteiger charge is 2.28. The fourth-order valence-corrected chi connectivity index (χ4v) is 5.87. The number of fused-ring (bicyclic) bond motifs is 1. The number of rotatable bonds is 5. The highest BCUT2D eigenvalue weighted by atomic mass is 16.5. The van der Waals surface area contributed by atoms with Crippen LogP contribution in [0.1, 0.15) is 61.1 Å². The molecule has 1 saturated carbocycles. The van der Waals surface area contributed by atoms with E-state index in [0.717, 1.165) is 31.5 Å². The molecule has 5 rings (SSSR count). The van der Waals surface area contributed by atoms with E-state index < -0.39 is 0 Å². The lowest BCUT2D eigenvalue weighted by molar-refractivity contribution is 0.108. The van der Waals surface area contributed by atoms with Crippen LogP contribution in [0.15, 0.2) is 42.5 Å². The molecule has 4 nitrogen and oxygen atoms in total. The van der Waals surface area contributed by atoms with Crippen molar-refractivity contribution in [3.63, 3.8) is 0 Å². The summed E-state index contributed by atoms with van der Waals surface area (Å²) in [5.41, 5.74) is 4.01. The zero-order chi connectivity index (χ0) is 21.2. The minimum absolute atomic E-state index is 0.325. The van der Waals surface area contributed by atoms with Crippen molar-refractivity contribution in [2.75, 3.05) is 33.3 Å². The van der Waals surface area contributed by atoms with Crippen LogP contribution in [0.4, 0.5) is 0 Å². The molecule has 166 valence electrons. The Bertz CT molecular complexity index is 867. The van der Waals surface area contributed by atoms with Crippen molar-refractivity contribution in [1.29, 1.82) is 0 Å². The average molecular weight is 421 g/mol. The van der Waals surface area contributed by atoms with Crippen molar-refractivity contribution in [3.05, 3.63) is 59.2 Å². The summed E-state index contributed by atoms with van der Waals surface area (Å²) in [6.07, 6.45) is 8.22. The number of aromatic hydroxyl groups is 1. The number of benzene rings is 2. The Kier molecular flexibility index (Phi) is 6.20. The van der Waals surface area contributed by atoms with Crippen LogP contribution in [0.2, 0.25) is 0 Å². The van der Waals surface area contributed by atoms with E-state index in [0.29, 0.717) is 17.6 Å². The maximum Gasteiger partial charge on any atom is 0.119 e. The summed E-state index contributed by atoms with van der Waals surface area (Å²) >= 11 is 0. The molecule has 0 radical (unpaired) electrons. The lowest BCUT2D eigenvalue weighted by Crippen LogP contribution is -2.41. The zero-order valence-corrected chi connectivity index (χ0v) is 18.8. The quantitative estimate of drug-likeness (QED) is 0.738. The van der Waals surface area contributed by atoms with Gasteiger partial charge in [0.05, 0.1) is 6.61 Å². The number of piperidine rings is 1. The van der Waals surface area contributed by atoms with Crippen LogP contribution >= 0.6 is 0 Å². The zero-order valence-electron chi connectivity index (χ0n) is 18.8. The van der Waals surface area contributed by atoms with Gasteiger partial charge in [-0.25, -0.2) is 0 Å². The number of likely N-dealkylation sites (N-methyl/N-ethyl adjacent to an activating group) is 1. The molecule has 31 heavy (non-hydrogen) atoms. The number of likely N-dealkylation sites (tertiary alicyclic amines) is 1. The Labute approximate surface area is 186 Å². The molecule has 2 aliphatic heterocycles. The van der Waals surface area contributed by atoms with E-state index in [-0.39, 0.29) is 0 Å². The summed E-state index contributed by atoms with van der Waals surface area (Å²) in [4.78, 5) is 5.12. The molecule has 1 atom stereocenters. The van der Waals surface area contributed by atoms with Gasteiger partial charge < -0.3 is 19.6 Å². The van der Waals surface area contributed by atoms with E-state index in [1.165, 1.54) is 68.3 Å². The van der Waals surface area contributed by atoms with E-state index >= 15 is 0 Å². The van der Waals surface area contributed by atoms with Gasteiger partial charge in [0.25, 0.3) is 0 Å². The lowest BCUT2D eigenvalue weighted by atomic mass is 9.84. The first-order valence-electron chi connectivity index (χ1n) is 12.1. The summed E-state index contributed by atoms with van der Waals surface area (Å²) in [7, 11) is 2.18. The van der Waals surface area contributed by atoms with Gasteiger partial charge in [0.15, 0.2) is 0 Å². The highest BCUT2D eigenvalue weighted by Crippen LogP contribution is 2.36. The van der Waals surface area contributed by atoms with Gasteiger partial charge in [-0.3, -0.25) is 0 Å². The molecule has 1 unspecified atom stereocenters. The summed E-state index contributed by atoms with van der Waals surface area (Å²) in [5.74, 6) is 2.35. The summed E-state index contributed by atoms with van der Waals surface area (Å²) < 4.78 is 6.29. The van der Waals surface area contributed by atoms with Crippen molar-refractivity contribution >= 4 is 0 Å². The molecule has 4 heteroatoms. The number of ether oxygens (including phenoxy) is 1. The topological polar surface area (TPSA) is 35.9 Å². The molecule has 0 bridgehead atoms. The first-order chi connectivity index (χ1) is 15.2. The third kappa shape index (κ3) is 4.75. The summed E-state index contributed by atoms with van der Waals surface area (Å²) in [5, 5.41) is 9.65. The third-order valence-electron chi connectivity index (χ3n) is 7.70. The number of phenolic OH excluding ortho intramolecular Hbond substituents is 1. The normalized spacial score (nSPS) is 23.7. The second-order valence-electron chi connectivity index (χ2n) is 9.93. The summed E-state index contributed by atoms with van der Waals surface area (Å²) in [6, 6.07) is 15.2. The molecule has 1 aliphatic carbocycles. The standard InChI is InChI=1S/C27H36N2O2/c1-28-17-22-16-25(10-11-26(22)27(18-28)21-6-8-24(30)9-7-21)31-19-20-12-14-29(15-13-20)23-4-2-3-5-23/h6-11,16,20,23,27,30H,2-5,12-15,17-19H2,1H3.